The second kappa shape index (κ2) is 5.59. The largest absolute Gasteiger partial charge is 0.301 e. The van der Waals surface area contributed by atoms with Gasteiger partial charge in [-0.05, 0) is 12.1 Å². The number of nitrogens with one attached hydrogen (secondary N) is 1. The first-order valence-corrected chi connectivity index (χ1v) is 7.75. The zero-order chi connectivity index (χ0) is 15.0. The minimum absolute atomic E-state index is 0.131. The zero-order valence-corrected chi connectivity index (χ0v) is 12.8. The molecule has 21 heavy (non-hydrogen) atoms. The molecule has 9 heteroatoms. The number of carbonyl (C=O) groups excluding carboxylic acids is 2. The zero-order valence-electron chi connectivity index (χ0n) is 10.5. The Balaban J connectivity index is 2.13. The molecule has 1 aromatic carbocycles. The van der Waals surface area contributed by atoms with E-state index in [1.807, 2.05) is 0 Å². The molecule has 3 rings (SSSR count). The number of amides is 1. The molecule has 0 saturated heterocycles. The molecule has 0 spiro atoms. The second-order valence-electron chi connectivity index (χ2n) is 4.13. The maximum absolute atomic E-state index is 11.7. The number of carbonyl (C=O) groups is 2. The van der Waals surface area contributed by atoms with Gasteiger partial charge in [0, 0.05) is 5.39 Å². The molecule has 0 aliphatic rings. The molecule has 0 unspecified atom stereocenters. The van der Waals surface area contributed by atoms with Crippen molar-refractivity contribution >= 4 is 72.6 Å². The molecular formula is C12H8Cl2N4O2S. The van der Waals surface area contributed by atoms with E-state index in [1.54, 1.807) is 18.3 Å². The van der Waals surface area contributed by atoms with Crippen molar-refractivity contribution in [2.24, 2.45) is 0 Å². The summed E-state index contributed by atoms with van der Waals surface area (Å²) in [5, 5.41) is 7.91. The van der Waals surface area contributed by atoms with Gasteiger partial charge in [0.15, 0.2) is 5.13 Å². The van der Waals surface area contributed by atoms with Crippen molar-refractivity contribution in [3.63, 3.8) is 0 Å². The van der Waals surface area contributed by atoms with E-state index >= 15 is 0 Å². The Bertz CT molecular complexity index is 858. The Labute approximate surface area is 132 Å². The molecule has 0 atom stereocenters. The molecule has 108 valence electrons. The molecule has 0 aliphatic carbocycles. The lowest BCUT2D eigenvalue weighted by molar-refractivity contribution is -0.113. The maximum Gasteiger partial charge on any atom is 0.262 e. The summed E-state index contributed by atoms with van der Waals surface area (Å²) >= 11 is 12.3. The van der Waals surface area contributed by atoms with Gasteiger partial charge in [-0.15, -0.1) is 23.2 Å². The van der Waals surface area contributed by atoms with Crippen molar-refractivity contribution in [1.29, 1.82) is 0 Å². The van der Waals surface area contributed by atoms with E-state index < -0.39 is 0 Å². The van der Waals surface area contributed by atoms with Gasteiger partial charge in [0.25, 0.3) is 5.91 Å². The van der Waals surface area contributed by atoms with Gasteiger partial charge in [-0.25, -0.2) is 4.98 Å². The predicted octanol–water partition coefficient (Wildman–Crippen LogP) is 2.70. The van der Waals surface area contributed by atoms with Crippen LogP contribution in [0.4, 0.5) is 5.13 Å². The predicted molar refractivity (Wildman–Crippen MR) is 83.6 cm³/mol. The fourth-order valence-electron chi connectivity index (χ4n) is 1.95. The molecule has 0 radical (unpaired) electrons. The van der Waals surface area contributed by atoms with E-state index in [1.165, 1.54) is 16.0 Å². The molecule has 3 aromatic rings. The lowest BCUT2D eigenvalue weighted by atomic mass is 10.2. The van der Waals surface area contributed by atoms with Crippen molar-refractivity contribution < 1.29 is 9.59 Å². The Kier molecular flexibility index (Phi) is 3.79. The van der Waals surface area contributed by atoms with Crippen molar-refractivity contribution in [2.45, 2.75) is 0 Å². The van der Waals surface area contributed by atoms with Gasteiger partial charge in [-0.1, -0.05) is 11.3 Å². The highest BCUT2D eigenvalue weighted by Gasteiger charge is 2.15. The van der Waals surface area contributed by atoms with E-state index in [0.29, 0.717) is 10.6 Å². The van der Waals surface area contributed by atoms with Crippen LogP contribution in [0.5, 0.6) is 0 Å². The number of benzene rings is 1. The summed E-state index contributed by atoms with van der Waals surface area (Å²) in [5.41, 5.74) is 1.38. The van der Waals surface area contributed by atoms with Crippen LogP contribution in [0.15, 0.2) is 18.3 Å². The highest BCUT2D eigenvalue weighted by atomic mass is 35.5. The number of halogens is 2. The summed E-state index contributed by atoms with van der Waals surface area (Å²) < 4.78 is 2.10. The van der Waals surface area contributed by atoms with E-state index in [9.17, 15) is 9.59 Å². The van der Waals surface area contributed by atoms with E-state index in [4.69, 9.17) is 23.2 Å². The summed E-state index contributed by atoms with van der Waals surface area (Å²) in [4.78, 5) is 27.3. The summed E-state index contributed by atoms with van der Waals surface area (Å²) in [6.45, 7) is 0. The van der Waals surface area contributed by atoms with Gasteiger partial charge < -0.3 is 5.32 Å². The lowest BCUT2D eigenvalue weighted by Crippen LogP contribution is -2.12. The van der Waals surface area contributed by atoms with Gasteiger partial charge in [-0.3, -0.25) is 9.59 Å². The lowest BCUT2D eigenvalue weighted by Gasteiger charge is -1.98. The number of hydrogen-bond acceptors (Lipinski definition) is 5. The standard InChI is InChI=1S/C12H8Cl2N4O2S/c13-3-9(19)17-12-16-7-1-2-8-6(11(7)21-12)5-15-18(8)10(20)4-14/h1-2,5H,3-4H2,(H,16,17,19). The van der Waals surface area contributed by atoms with Crippen molar-refractivity contribution in [2.75, 3.05) is 17.1 Å². The van der Waals surface area contributed by atoms with Crippen molar-refractivity contribution in [3.8, 4) is 0 Å². The van der Waals surface area contributed by atoms with Gasteiger partial charge in [-0.2, -0.15) is 9.78 Å². The van der Waals surface area contributed by atoms with Crippen LogP contribution in [0, 0.1) is 0 Å². The fraction of sp³-hybridized carbons (Fsp3) is 0.167. The molecular weight excluding hydrogens is 335 g/mol. The van der Waals surface area contributed by atoms with Crippen LogP contribution >= 0.6 is 34.5 Å². The molecule has 0 aliphatic heterocycles. The van der Waals surface area contributed by atoms with Crippen molar-refractivity contribution in [1.82, 2.24) is 14.8 Å². The first-order valence-electron chi connectivity index (χ1n) is 5.86. The van der Waals surface area contributed by atoms with Crippen LogP contribution in [0.1, 0.15) is 4.79 Å². The van der Waals surface area contributed by atoms with Gasteiger partial charge in [0.2, 0.25) is 5.91 Å². The maximum atomic E-state index is 11.7. The van der Waals surface area contributed by atoms with Gasteiger partial charge in [0.05, 0.1) is 21.9 Å². The molecule has 1 amide bonds. The third-order valence-corrected chi connectivity index (χ3v) is 4.31. The Morgan fingerprint density at radius 3 is 2.81 bits per heavy atom. The van der Waals surface area contributed by atoms with Crippen molar-refractivity contribution in [3.05, 3.63) is 18.3 Å². The summed E-state index contributed by atoms with van der Waals surface area (Å²) in [6, 6.07) is 3.52. The Morgan fingerprint density at radius 2 is 2.10 bits per heavy atom. The number of hydrogen-bond donors (Lipinski definition) is 1. The Morgan fingerprint density at radius 1 is 1.29 bits per heavy atom. The number of anilines is 1. The molecule has 0 bridgehead atoms. The molecule has 0 fully saturated rings. The third kappa shape index (κ3) is 2.48. The molecule has 2 aromatic heterocycles. The Hall–Kier alpha value is -1.70. The number of aromatic nitrogens is 3. The minimum Gasteiger partial charge on any atom is -0.301 e. The van der Waals surface area contributed by atoms with Crippen LogP contribution in [-0.4, -0.2) is 38.3 Å². The molecule has 6 nitrogen and oxygen atoms in total. The van der Waals surface area contributed by atoms with Gasteiger partial charge >= 0.3 is 0 Å². The number of thiazole rings is 1. The molecule has 1 N–H and O–H groups in total. The van der Waals surface area contributed by atoms with Crippen LogP contribution in [0.2, 0.25) is 0 Å². The minimum atomic E-state index is -0.319. The van der Waals surface area contributed by atoms with E-state index in [2.05, 4.69) is 15.4 Å². The quantitative estimate of drug-likeness (QED) is 0.742. The smallest absolute Gasteiger partial charge is 0.262 e. The summed E-state index contributed by atoms with van der Waals surface area (Å²) in [6.07, 6.45) is 1.59. The first-order chi connectivity index (χ1) is 10.1. The summed E-state index contributed by atoms with van der Waals surface area (Å²) in [7, 11) is 0. The topological polar surface area (TPSA) is 76.9 Å². The molecule has 2 heterocycles. The van der Waals surface area contributed by atoms with E-state index in [0.717, 1.165) is 15.6 Å². The van der Waals surface area contributed by atoms with E-state index in [-0.39, 0.29) is 23.6 Å². The monoisotopic (exact) mass is 342 g/mol. The SMILES string of the molecule is O=C(CCl)Nc1nc2ccc3c(cnn3C(=O)CCl)c2s1. The number of rotatable bonds is 3. The number of fused-ring (bicyclic) bond motifs is 3. The van der Waals surface area contributed by atoms with Crippen LogP contribution in [0.3, 0.4) is 0 Å². The van der Waals surface area contributed by atoms with Crippen LogP contribution < -0.4 is 5.32 Å². The first kappa shape index (κ1) is 14.2. The van der Waals surface area contributed by atoms with Crippen LogP contribution in [0.25, 0.3) is 21.1 Å². The summed E-state index contributed by atoms with van der Waals surface area (Å²) in [5.74, 6) is -0.895. The van der Waals surface area contributed by atoms with Crippen LogP contribution in [-0.2, 0) is 4.79 Å². The molecule has 0 saturated carbocycles. The average molecular weight is 343 g/mol. The highest BCUT2D eigenvalue weighted by Crippen LogP contribution is 2.32. The average Bonchev–Trinajstić information content (AvgIpc) is 3.08. The number of nitrogens with zero attached hydrogens (tertiary/aromatic N) is 3. The highest BCUT2D eigenvalue weighted by molar-refractivity contribution is 7.23. The fourth-order valence-corrected chi connectivity index (χ4v) is 3.12. The van der Waals surface area contributed by atoms with Gasteiger partial charge in [0.1, 0.15) is 11.8 Å². The normalized spacial score (nSPS) is 11.1. The number of alkyl halides is 2. The third-order valence-electron chi connectivity index (χ3n) is 2.82. The second-order valence-corrected chi connectivity index (χ2v) is 5.66.